The van der Waals surface area contributed by atoms with Crippen molar-refractivity contribution in [3.8, 4) is 0 Å². The van der Waals surface area contributed by atoms with Crippen molar-refractivity contribution in [3.63, 3.8) is 0 Å². The van der Waals surface area contributed by atoms with E-state index in [1.807, 2.05) is 14.1 Å². The van der Waals surface area contributed by atoms with E-state index >= 15 is 0 Å². The number of nitrogens with one attached hydrogen (secondary N) is 1. The molecule has 22 heavy (non-hydrogen) atoms. The third-order valence-corrected chi connectivity index (χ3v) is 5.24. The van der Waals surface area contributed by atoms with Crippen LogP contribution in [0.4, 0.5) is 0 Å². The Morgan fingerprint density at radius 2 is 2.41 bits per heavy atom. The second kappa shape index (κ2) is 7.08. The molecule has 3 heterocycles. The SMILES string of the molecule is CN(C)CCNC(=O)[C@@H]1C[C@@H]2[C@@H](CCN2Cc2ccsc2)O1. The Balaban J connectivity index is 1.49. The Morgan fingerprint density at radius 3 is 3.14 bits per heavy atom. The molecule has 1 N–H and O–H groups in total. The lowest BCUT2D eigenvalue weighted by Crippen LogP contribution is -2.39. The largest absolute Gasteiger partial charge is 0.363 e. The summed E-state index contributed by atoms with van der Waals surface area (Å²) in [5.74, 6) is 0.0479. The normalized spacial score (nSPS) is 28.2. The standard InChI is InChI=1S/C16H25N3O2S/c1-18(2)7-5-17-16(20)15-9-13-14(21-15)3-6-19(13)10-12-4-8-22-11-12/h4,8,11,13-15H,3,5-7,9-10H2,1-2H3,(H,17,20)/t13-,14-,15+/m1/s1. The fourth-order valence-electron chi connectivity index (χ4n) is 3.33. The molecule has 1 aromatic rings. The first kappa shape index (κ1) is 15.9. The fraction of sp³-hybridized carbons (Fsp3) is 0.688. The third kappa shape index (κ3) is 3.68. The number of hydrogen-bond donors (Lipinski definition) is 1. The van der Waals surface area contributed by atoms with Gasteiger partial charge in [-0.05, 0) is 42.9 Å². The van der Waals surface area contributed by atoms with Crippen molar-refractivity contribution in [2.45, 2.75) is 37.6 Å². The summed E-state index contributed by atoms with van der Waals surface area (Å²) in [4.78, 5) is 16.7. The Kier molecular flexibility index (Phi) is 5.13. The van der Waals surface area contributed by atoms with Crippen LogP contribution in [-0.4, -0.2) is 67.7 Å². The van der Waals surface area contributed by atoms with Crippen molar-refractivity contribution in [2.24, 2.45) is 0 Å². The van der Waals surface area contributed by atoms with Crippen molar-refractivity contribution >= 4 is 17.2 Å². The molecular formula is C16H25N3O2S. The zero-order chi connectivity index (χ0) is 15.5. The molecule has 0 saturated carbocycles. The first-order valence-electron chi connectivity index (χ1n) is 7.96. The zero-order valence-electron chi connectivity index (χ0n) is 13.3. The number of hydrogen-bond acceptors (Lipinski definition) is 5. The maximum Gasteiger partial charge on any atom is 0.249 e. The van der Waals surface area contributed by atoms with Crippen LogP contribution in [-0.2, 0) is 16.1 Å². The number of rotatable bonds is 6. The Hall–Kier alpha value is -0.950. The van der Waals surface area contributed by atoms with Gasteiger partial charge in [0.15, 0.2) is 0 Å². The maximum atomic E-state index is 12.2. The van der Waals surface area contributed by atoms with E-state index in [1.165, 1.54) is 5.56 Å². The molecule has 5 nitrogen and oxygen atoms in total. The van der Waals surface area contributed by atoms with Gasteiger partial charge >= 0.3 is 0 Å². The van der Waals surface area contributed by atoms with Crippen LogP contribution >= 0.6 is 11.3 Å². The Morgan fingerprint density at radius 1 is 1.55 bits per heavy atom. The number of carbonyl (C=O) groups excluding carboxylic acids is 1. The van der Waals surface area contributed by atoms with Gasteiger partial charge in [-0.1, -0.05) is 0 Å². The van der Waals surface area contributed by atoms with Crippen LogP contribution in [0.1, 0.15) is 18.4 Å². The van der Waals surface area contributed by atoms with Crippen LogP contribution in [0.25, 0.3) is 0 Å². The van der Waals surface area contributed by atoms with Gasteiger partial charge in [-0.2, -0.15) is 11.3 Å². The molecule has 2 aliphatic heterocycles. The molecular weight excluding hydrogens is 298 g/mol. The van der Waals surface area contributed by atoms with Gasteiger partial charge in [-0.3, -0.25) is 9.69 Å². The summed E-state index contributed by atoms with van der Waals surface area (Å²) < 4.78 is 5.99. The van der Waals surface area contributed by atoms with Gasteiger partial charge in [0.2, 0.25) is 5.91 Å². The molecule has 0 radical (unpaired) electrons. The maximum absolute atomic E-state index is 12.2. The van der Waals surface area contributed by atoms with E-state index in [9.17, 15) is 4.79 Å². The summed E-state index contributed by atoms with van der Waals surface area (Å²) in [7, 11) is 4.01. The summed E-state index contributed by atoms with van der Waals surface area (Å²) in [5, 5.41) is 7.31. The molecule has 0 aliphatic carbocycles. The fourth-order valence-corrected chi connectivity index (χ4v) is 3.99. The van der Waals surface area contributed by atoms with E-state index in [-0.39, 0.29) is 18.1 Å². The molecule has 0 spiro atoms. The van der Waals surface area contributed by atoms with Crippen molar-refractivity contribution in [3.05, 3.63) is 22.4 Å². The minimum Gasteiger partial charge on any atom is -0.363 e. The van der Waals surface area contributed by atoms with Crippen LogP contribution in [0, 0.1) is 0 Å². The first-order valence-corrected chi connectivity index (χ1v) is 8.91. The van der Waals surface area contributed by atoms with E-state index in [0.29, 0.717) is 12.6 Å². The highest BCUT2D eigenvalue weighted by Gasteiger charge is 2.45. The number of carbonyl (C=O) groups is 1. The van der Waals surface area contributed by atoms with Gasteiger partial charge in [0.25, 0.3) is 0 Å². The molecule has 2 fully saturated rings. The van der Waals surface area contributed by atoms with E-state index in [1.54, 1.807) is 11.3 Å². The molecule has 6 heteroatoms. The van der Waals surface area contributed by atoms with Gasteiger partial charge < -0.3 is 15.0 Å². The molecule has 3 atom stereocenters. The number of likely N-dealkylation sites (tertiary alicyclic amines) is 1. The average Bonchev–Trinajstić information content (AvgIpc) is 3.17. The van der Waals surface area contributed by atoms with Crippen LogP contribution in [0.15, 0.2) is 16.8 Å². The van der Waals surface area contributed by atoms with Crippen molar-refractivity contribution < 1.29 is 9.53 Å². The van der Waals surface area contributed by atoms with Crippen molar-refractivity contribution in [2.75, 3.05) is 33.7 Å². The van der Waals surface area contributed by atoms with Crippen LogP contribution in [0.2, 0.25) is 0 Å². The Labute approximate surface area is 136 Å². The minimum absolute atomic E-state index is 0.0479. The summed E-state index contributed by atoms with van der Waals surface area (Å²) in [6.45, 7) is 3.58. The highest BCUT2D eigenvalue weighted by atomic mass is 32.1. The number of fused-ring (bicyclic) bond motifs is 1. The van der Waals surface area contributed by atoms with Crippen LogP contribution in [0.3, 0.4) is 0 Å². The summed E-state index contributed by atoms with van der Waals surface area (Å²) >= 11 is 1.74. The third-order valence-electron chi connectivity index (χ3n) is 4.51. The first-order chi connectivity index (χ1) is 10.6. The van der Waals surface area contributed by atoms with E-state index < -0.39 is 0 Å². The minimum atomic E-state index is -0.276. The van der Waals surface area contributed by atoms with Gasteiger partial charge in [-0.15, -0.1) is 0 Å². The predicted octanol–water partition coefficient (Wildman–Crippen LogP) is 1.16. The summed E-state index contributed by atoms with van der Waals surface area (Å²) in [6, 6.07) is 2.57. The molecule has 0 aromatic carbocycles. The van der Waals surface area contributed by atoms with Crippen LogP contribution < -0.4 is 5.32 Å². The van der Waals surface area contributed by atoms with Gasteiger partial charge in [0.05, 0.1) is 6.10 Å². The van der Waals surface area contributed by atoms with Crippen LogP contribution in [0.5, 0.6) is 0 Å². The highest BCUT2D eigenvalue weighted by Crippen LogP contribution is 2.34. The number of thiophene rings is 1. The average molecular weight is 323 g/mol. The molecule has 122 valence electrons. The molecule has 1 aromatic heterocycles. The highest BCUT2D eigenvalue weighted by molar-refractivity contribution is 7.07. The lowest BCUT2D eigenvalue weighted by atomic mass is 10.1. The Bertz CT molecular complexity index is 492. The van der Waals surface area contributed by atoms with Crippen molar-refractivity contribution in [1.82, 2.24) is 15.1 Å². The number of nitrogens with zero attached hydrogens (tertiary/aromatic N) is 2. The predicted molar refractivity (Wildman–Crippen MR) is 88.0 cm³/mol. The van der Waals surface area contributed by atoms with Gasteiger partial charge in [0.1, 0.15) is 6.10 Å². The van der Waals surface area contributed by atoms with E-state index in [2.05, 4.69) is 31.9 Å². The van der Waals surface area contributed by atoms with Crippen molar-refractivity contribution in [1.29, 1.82) is 0 Å². The molecule has 0 bridgehead atoms. The van der Waals surface area contributed by atoms with E-state index in [4.69, 9.17) is 4.74 Å². The number of ether oxygens (including phenoxy) is 1. The number of amides is 1. The summed E-state index contributed by atoms with van der Waals surface area (Å²) in [5.41, 5.74) is 1.37. The molecule has 0 unspecified atom stereocenters. The lowest BCUT2D eigenvalue weighted by Gasteiger charge is -2.22. The quantitative estimate of drug-likeness (QED) is 0.853. The lowest BCUT2D eigenvalue weighted by molar-refractivity contribution is -0.132. The molecule has 3 rings (SSSR count). The second-order valence-corrected chi connectivity index (χ2v) is 7.23. The van der Waals surface area contributed by atoms with E-state index in [0.717, 1.165) is 32.5 Å². The topological polar surface area (TPSA) is 44.8 Å². The molecule has 2 aliphatic rings. The monoisotopic (exact) mass is 323 g/mol. The van der Waals surface area contributed by atoms with Gasteiger partial charge in [-0.25, -0.2) is 0 Å². The number of likely N-dealkylation sites (N-methyl/N-ethyl adjacent to an activating group) is 1. The smallest absolute Gasteiger partial charge is 0.249 e. The second-order valence-electron chi connectivity index (χ2n) is 6.45. The zero-order valence-corrected chi connectivity index (χ0v) is 14.1. The molecule has 2 saturated heterocycles. The van der Waals surface area contributed by atoms with Gasteiger partial charge in [0, 0.05) is 38.6 Å². The molecule has 1 amide bonds. The summed E-state index contributed by atoms with van der Waals surface area (Å²) in [6.07, 6.45) is 1.81.